The Morgan fingerprint density at radius 2 is 0.811 bits per heavy atom. The van der Waals surface area contributed by atoms with E-state index in [-0.39, 0.29) is 0 Å². The van der Waals surface area contributed by atoms with E-state index in [0.717, 1.165) is 16.7 Å². The summed E-state index contributed by atoms with van der Waals surface area (Å²) in [4.78, 5) is 23.5. The van der Waals surface area contributed by atoms with E-state index < -0.39 is 13.5 Å². The third-order valence-electron chi connectivity index (χ3n) is 10.4. The lowest BCUT2D eigenvalue weighted by Gasteiger charge is -2.34. The summed E-state index contributed by atoms with van der Waals surface area (Å²) in [6, 6.07) is 52.5. The summed E-state index contributed by atoms with van der Waals surface area (Å²) >= 11 is 0. The molecule has 0 atom stereocenters. The van der Waals surface area contributed by atoms with Crippen molar-refractivity contribution in [2.45, 2.75) is 25.1 Å². The van der Waals surface area contributed by atoms with Crippen molar-refractivity contribution < 1.29 is 0 Å². The molecule has 0 radical (unpaired) electrons. The number of pyridine rings is 2. The van der Waals surface area contributed by atoms with Gasteiger partial charge in [-0.3, -0.25) is 9.97 Å². The molecule has 6 heteroatoms. The molecule has 8 aromatic rings. The first-order valence-electron chi connectivity index (χ1n) is 18.0. The molecule has 254 valence electrons. The van der Waals surface area contributed by atoms with Gasteiger partial charge in [0.1, 0.15) is 0 Å². The van der Waals surface area contributed by atoms with Crippen LogP contribution in [0.3, 0.4) is 0 Å². The monoisotopic (exact) mass is 699 g/mol. The fraction of sp³-hybridized carbons (Fsp3) is 0.0851. The minimum atomic E-state index is -1.43. The summed E-state index contributed by atoms with van der Waals surface area (Å²) in [5.74, 6) is 1.79. The molecule has 9 rings (SSSR count). The molecule has 3 heterocycles. The van der Waals surface area contributed by atoms with Crippen molar-refractivity contribution in [2.75, 3.05) is 0 Å². The van der Waals surface area contributed by atoms with Gasteiger partial charge in [0.2, 0.25) is 0 Å². The quantitative estimate of drug-likeness (QED) is 0.155. The Labute approximate surface area is 311 Å². The summed E-state index contributed by atoms with van der Waals surface area (Å²) in [6.07, 6.45) is 7.06. The van der Waals surface area contributed by atoms with Crippen LogP contribution in [0.5, 0.6) is 0 Å². The summed E-state index contributed by atoms with van der Waals surface area (Å²) in [5.41, 5.74) is 11.8. The highest BCUT2D eigenvalue weighted by Crippen LogP contribution is 2.57. The molecule has 0 bridgehead atoms. The molecule has 1 aliphatic carbocycles. The zero-order valence-electron chi connectivity index (χ0n) is 29.9. The molecule has 0 saturated heterocycles. The largest absolute Gasteiger partial charge is 0.265 e. The number of hydrogen-bond acceptors (Lipinski definition) is 5. The maximum atomic E-state index is 5.08. The average Bonchev–Trinajstić information content (AvgIpc) is 3.51. The van der Waals surface area contributed by atoms with E-state index in [9.17, 15) is 0 Å². The second kappa shape index (κ2) is 13.0. The predicted molar refractivity (Wildman–Crippen MR) is 217 cm³/mol. The molecule has 3 aromatic heterocycles. The second-order valence-corrected chi connectivity index (χ2v) is 19.7. The first-order valence-corrected chi connectivity index (χ1v) is 21.5. The Morgan fingerprint density at radius 1 is 0.396 bits per heavy atom. The van der Waals surface area contributed by atoms with Crippen LogP contribution in [0.2, 0.25) is 19.6 Å². The zero-order valence-corrected chi connectivity index (χ0v) is 30.9. The maximum absolute atomic E-state index is 5.08. The number of aromatic nitrogens is 5. The highest BCUT2D eigenvalue weighted by molar-refractivity contribution is 6.88. The minimum Gasteiger partial charge on any atom is -0.265 e. The van der Waals surface area contributed by atoms with Gasteiger partial charge in [-0.1, -0.05) is 134 Å². The van der Waals surface area contributed by atoms with Crippen molar-refractivity contribution >= 4 is 13.3 Å². The molecule has 5 nitrogen and oxygen atoms in total. The molecule has 1 aliphatic rings. The van der Waals surface area contributed by atoms with Gasteiger partial charge in [-0.15, -0.1) is 0 Å². The third-order valence-corrected chi connectivity index (χ3v) is 12.5. The van der Waals surface area contributed by atoms with Crippen LogP contribution in [-0.2, 0) is 5.41 Å². The van der Waals surface area contributed by atoms with Crippen molar-refractivity contribution in [1.82, 2.24) is 24.9 Å². The SMILES string of the molecule is C[Si](C)(C)c1ccc(-c2ccc3c(c2)C(c2ccccc2)(c2ccccc2)c2cc(-c4nc(-c5ccncc5)nc(-c5ccncc5)n4)ccc2-3)cc1. The van der Waals surface area contributed by atoms with E-state index in [4.69, 9.17) is 15.0 Å². The number of rotatable bonds is 7. The summed E-state index contributed by atoms with van der Waals surface area (Å²) in [5, 5.41) is 1.46. The van der Waals surface area contributed by atoms with Crippen molar-refractivity contribution in [3.05, 3.63) is 193 Å². The first-order chi connectivity index (χ1) is 25.9. The lowest BCUT2D eigenvalue weighted by molar-refractivity contribution is 0.769. The first kappa shape index (κ1) is 32.5. The molecule has 53 heavy (non-hydrogen) atoms. The van der Waals surface area contributed by atoms with Crippen molar-refractivity contribution in [1.29, 1.82) is 0 Å². The van der Waals surface area contributed by atoms with Crippen LogP contribution < -0.4 is 5.19 Å². The number of fused-ring (bicyclic) bond motifs is 3. The van der Waals surface area contributed by atoms with Gasteiger partial charge in [-0.25, -0.2) is 15.0 Å². The van der Waals surface area contributed by atoms with Gasteiger partial charge in [0.25, 0.3) is 0 Å². The van der Waals surface area contributed by atoms with Gasteiger partial charge in [0, 0.05) is 41.5 Å². The molecule has 5 aromatic carbocycles. The Kier molecular flexibility index (Phi) is 7.97. The Bertz CT molecular complexity index is 2470. The fourth-order valence-electron chi connectivity index (χ4n) is 7.74. The summed E-state index contributed by atoms with van der Waals surface area (Å²) in [6.45, 7) is 7.19. The molecule has 0 aliphatic heterocycles. The van der Waals surface area contributed by atoms with E-state index in [2.05, 4.69) is 151 Å². The lowest BCUT2D eigenvalue weighted by Crippen LogP contribution is -2.37. The Morgan fingerprint density at radius 3 is 1.28 bits per heavy atom. The van der Waals surface area contributed by atoms with Gasteiger partial charge in [0.15, 0.2) is 17.5 Å². The van der Waals surface area contributed by atoms with Crippen molar-refractivity contribution in [2.24, 2.45) is 0 Å². The molecular formula is C47H37N5Si. The van der Waals surface area contributed by atoms with Crippen molar-refractivity contribution in [3.8, 4) is 56.4 Å². The van der Waals surface area contributed by atoms with Crippen LogP contribution in [-0.4, -0.2) is 33.0 Å². The highest BCUT2D eigenvalue weighted by Gasteiger charge is 2.46. The van der Waals surface area contributed by atoms with Gasteiger partial charge < -0.3 is 0 Å². The van der Waals surface area contributed by atoms with Crippen LogP contribution in [0.1, 0.15) is 22.3 Å². The van der Waals surface area contributed by atoms with Crippen LogP contribution in [0.25, 0.3) is 56.4 Å². The van der Waals surface area contributed by atoms with Crippen LogP contribution in [0.4, 0.5) is 0 Å². The van der Waals surface area contributed by atoms with E-state index in [0.29, 0.717) is 17.5 Å². The normalized spacial score (nSPS) is 13.0. The average molecular weight is 700 g/mol. The molecule has 0 spiro atoms. The van der Waals surface area contributed by atoms with Crippen LogP contribution >= 0.6 is 0 Å². The Balaban J connectivity index is 1.29. The van der Waals surface area contributed by atoms with Gasteiger partial charge in [0.05, 0.1) is 13.5 Å². The smallest absolute Gasteiger partial charge is 0.164 e. The van der Waals surface area contributed by atoms with E-state index >= 15 is 0 Å². The minimum absolute atomic E-state index is 0.591. The van der Waals surface area contributed by atoms with Gasteiger partial charge in [-0.05, 0) is 80.9 Å². The van der Waals surface area contributed by atoms with Gasteiger partial charge in [-0.2, -0.15) is 0 Å². The molecule has 0 unspecified atom stereocenters. The van der Waals surface area contributed by atoms with E-state index in [1.165, 1.54) is 49.7 Å². The molecule has 0 N–H and O–H groups in total. The number of hydrogen-bond donors (Lipinski definition) is 0. The topological polar surface area (TPSA) is 64.5 Å². The highest BCUT2D eigenvalue weighted by atomic mass is 28.3. The van der Waals surface area contributed by atoms with Crippen LogP contribution in [0.15, 0.2) is 170 Å². The zero-order chi connectivity index (χ0) is 36.0. The molecule has 0 saturated carbocycles. The summed E-state index contributed by atoms with van der Waals surface area (Å²) in [7, 11) is -1.43. The Hall–Kier alpha value is -6.37. The summed E-state index contributed by atoms with van der Waals surface area (Å²) < 4.78 is 0. The third kappa shape index (κ3) is 5.68. The fourth-order valence-corrected chi connectivity index (χ4v) is 8.90. The predicted octanol–water partition coefficient (Wildman–Crippen LogP) is 10.2. The second-order valence-electron chi connectivity index (χ2n) is 14.6. The molecular weight excluding hydrogens is 663 g/mol. The van der Waals surface area contributed by atoms with Crippen molar-refractivity contribution in [3.63, 3.8) is 0 Å². The number of benzene rings is 5. The maximum Gasteiger partial charge on any atom is 0.164 e. The van der Waals surface area contributed by atoms with Gasteiger partial charge >= 0.3 is 0 Å². The van der Waals surface area contributed by atoms with E-state index in [1.807, 2.05) is 24.3 Å². The number of nitrogens with zero attached hydrogens (tertiary/aromatic N) is 5. The lowest BCUT2D eigenvalue weighted by atomic mass is 9.67. The molecule has 0 fully saturated rings. The standard InChI is InChI=1S/C47H37N5Si/c1-53(2,3)39-18-14-32(15-19-39)35-16-20-40-41-21-17-36(46-51-44(33-22-26-48-27-23-33)50-45(52-46)34-24-28-49-29-25-34)31-43(41)47(42(40)30-35,37-10-6-4-7-11-37)38-12-8-5-9-13-38/h4-31H,1-3H3. The van der Waals surface area contributed by atoms with Crippen LogP contribution in [0, 0.1) is 0 Å². The molecule has 0 amide bonds. The van der Waals surface area contributed by atoms with E-state index in [1.54, 1.807) is 24.8 Å².